The summed E-state index contributed by atoms with van der Waals surface area (Å²) in [5, 5.41) is 24.0. The van der Waals surface area contributed by atoms with Crippen LogP contribution in [0.3, 0.4) is 0 Å². The molecule has 5 heteroatoms. The number of hydrogen-bond acceptors (Lipinski definition) is 3. The molecule has 1 rings (SSSR count). The summed E-state index contributed by atoms with van der Waals surface area (Å²) < 4.78 is 0. The molecule has 0 aliphatic carbocycles. The number of benzene rings is 1. The summed E-state index contributed by atoms with van der Waals surface area (Å²) >= 11 is 0. The van der Waals surface area contributed by atoms with E-state index in [4.69, 9.17) is 5.11 Å². The molecule has 0 heterocycles. The van der Waals surface area contributed by atoms with Gasteiger partial charge in [-0.05, 0) is 42.4 Å². The van der Waals surface area contributed by atoms with Gasteiger partial charge < -0.3 is 20.8 Å². The normalized spacial score (nSPS) is 11.2. The van der Waals surface area contributed by atoms with Gasteiger partial charge in [0.1, 0.15) is 5.75 Å². The summed E-state index contributed by atoms with van der Waals surface area (Å²) in [4.78, 5) is 11.8. The van der Waals surface area contributed by atoms with Gasteiger partial charge in [0.15, 0.2) is 0 Å². The van der Waals surface area contributed by atoms with Crippen molar-refractivity contribution < 1.29 is 15.0 Å². The topological polar surface area (TPSA) is 81.6 Å². The molecule has 0 aromatic heterocycles. The molecule has 1 aromatic rings. The van der Waals surface area contributed by atoms with E-state index in [0.29, 0.717) is 19.5 Å². The highest BCUT2D eigenvalue weighted by molar-refractivity contribution is 5.73. The number of hydrogen-bond donors (Lipinski definition) is 4. The number of phenols is 1. The molecule has 0 fully saturated rings. The van der Waals surface area contributed by atoms with E-state index in [1.165, 1.54) is 0 Å². The molecule has 21 heavy (non-hydrogen) atoms. The van der Waals surface area contributed by atoms with Gasteiger partial charge in [-0.15, -0.1) is 0 Å². The summed E-state index contributed by atoms with van der Waals surface area (Å²) in [6.45, 7) is 5.27. The van der Waals surface area contributed by atoms with Gasteiger partial charge in [-0.3, -0.25) is 0 Å². The first kappa shape index (κ1) is 17.3. The molecule has 0 spiro atoms. The number of amides is 2. The molecule has 2 amide bonds. The zero-order chi connectivity index (χ0) is 15.7. The van der Waals surface area contributed by atoms with E-state index < -0.39 is 0 Å². The smallest absolute Gasteiger partial charge is 0.315 e. The fourth-order valence-electron chi connectivity index (χ4n) is 2.31. The van der Waals surface area contributed by atoms with Crippen molar-refractivity contribution in [3.05, 3.63) is 29.8 Å². The molecule has 0 bridgehead atoms. The molecule has 0 aliphatic heterocycles. The van der Waals surface area contributed by atoms with Crippen LogP contribution in [0, 0.1) is 5.41 Å². The maximum absolute atomic E-state index is 11.8. The number of aliphatic hydroxyl groups is 1. The van der Waals surface area contributed by atoms with Crippen LogP contribution in [0.5, 0.6) is 5.75 Å². The van der Waals surface area contributed by atoms with Gasteiger partial charge in [-0.1, -0.05) is 26.0 Å². The second-order valence-corrected chi connectivity index (χ2v) is 5.38. The van der Waals surface area contributed by atoms with Gasteiger partial charge >= 0.3 is 6.03 Å². The van der Waals surface area contributed by atoms with Crippen LogP contribution in [0.15, 0.2) is 24.3 Å². The Morgan fingerprint density at radius 2 is 1.76 bits per heavy atom. The van der Waals surface area contributed by atoms with Crippen LogP contribution >= 0.6 is 0 Å². The van der Waals surface area contributed by atoms with Crippen LogP contribution in [-0.4, -0.2) is 29.4 Å². The number of rotatable bonds is 8. The third-order valence-corrected chi connectivity index (χ3v) is 4.16. The minimum absolute atomic E-state index is 0.0371. The maximum atomic E-state index is 11.8. The first-order valence-corrected chi connectivity index (χ1v) is 7.45. The lowest BCUT2D eigenvalue weighted by atomic mass is 9.79. The Balaban J connectivity index is 2.40. The fraction of sp³-hybridized carbons (Fsp3) is 0.562. The molecule has 1 aromatic carbocycles. The number of carbonyl (C=O) groups is 1. The second kappa shape index (κ2) is 8.52. The van der Waals surface area contributed by atoms with Crippen molar-refractivity contribution in [2.24, 2.45) is 5.41 Å². The van der Waals surface area contributed by atoms with Crippen molar-refractivity contribution in [3.63, 3.8) is 0 Å². The molecule has 0 unspecified atom stereocenters. The van der Waals surface area contributed by atoms with E-state index in [2.05, 4.69) is 24.5 Å². The number of aromatic hydroxyl groups is 1. The number of nitrogens with one attached hydrogen (secondary N) is 2. The third-order valence-electron chi connectivity index (χ3n) is 4.16. The molecular formula is C16H26N2O3. The highest BCUT2D eigenvalue weighted by atomic mass is 16.3. The summed E-state index contributed by atoms with van der Waals surface area (Å²) in [7, 11) is 0. The standard InChI is InChI=1S/C16H26N2O3/c1-3-16(4-2,9-10-19)12-18-15(21)17-11-13-5-7-14(20)8-6-13/h5-8,19-20H,3-4,9-12H2,1-2H3,(H2,17,18,21). The van der Waals surface area contributed by atoms with Gasteiger partial charge in [0, 0.05) is 19.7 Å². The van der Waals surface area contributed by atoms with E-state index in [-0.39, 0.29) is 23.8 Å². The number of aliphatic hydroxyl groups excluding tert-OH is 1. The Bertz CT molecular complexity index is 428. The predicted octanol–water partition coefficient (Wildman–Crippen LogP) is 2.38. The first-order chi connectivity index (χ1) is 10.0. The fourth-order valence-corrected chi connectivity index (χ4v) is 2.31. The lowest BCUT2D eigenvalue weighted by Gasteiger charge is -2.31. The van der Waals surface area contributed by atoms with Crippen LogP contribution in [0.2, 0.25) is 0 Å². The van der Waals surface area contributed by atoms with Crippen molar-refractivity contribution >= 4 is 6.03 Å². The maximum Gasteiger partial charge on any atom is 0.315 e. The highest BCUT2D eigenvalue weighted by Crippen LogP contribution is 2.29. The zero-order valence-electron chi connectivity index (χ0n) is 12.9. The quantitative estimate of drug-likeness (QED) is 0.594. The van der Waals surface area contributed by atoms with Crippen LogP contribution < -0.4 is 10.6 Å². The van der Waals surface area contributed by atoms with Gasteiger partial charge in [-0.25, -0.2) is 4.79 Å². The minimum atomic E-state index is -0.215. The lowest BCUT2D eigenvalue weighted by Crippen LogP contribution is -2.42. The average molecular weight is 294 g/mol. The molecule has 0 aliphatic rings. The Morgan fingerprint density at radius 1 is 1.14 bits per heavy atom. The Morgan fingerprint density at radius 3 is 2.29 bits per heavy atom. The Labute approximate surface area is 126 Å². The van der Waals surface area contributed by atoms with Crippen LogP contribution in [0.1, 0.15) is 38.7 Å². The largest absolute Gasteiger partial charge is 0.508 e. The van der Waals surface area contributed by atoms with Crippen LogP contribution in [-0.2, 0) is 6.54 Å². The van der Waals surface area contributed by atoms with Crippen molar-refractivity contribution in [3.8, 4) is 5.75 Å². The van der Waals surface area contributed by atoms with Crippen molar-refractivity contribution in [1.82, 2.24) is 10.6 Å². The molecule has 0 saturated carbocycles. The van der Waals surface area contributed by atoms with Gasteiger partial charge in [0.2, 0.25) is 0 Å². The summed E-state index contributed by atoms with van der Waals surface area (Å²) in [6.07, 6.45) is 2.53. The third kappa shape index (κ3) is 5.63. The highest BCUT2D eigenvalue weighted by Gasteiger charge is 2.25. The Hall–Kier alpha value is -1.75. The van der Waals surface area contributed by atoms with Gasteiger partial charge in [0.05, 0.1) is 0 Å². The van der Waals surface area contributed by atoms with E-state index in [0.717, 1.165) is 18.4 Å². The molecule has 5 nitrogen and oxygen atoms in total. The Kier molecular flexibility index (Phi) is 7.02. The SMILES string of the molecule is CCC(CC)(CCO)CNC(=O)NCc1ccc(O)cc1. The van der Waals surface area contributed by atoms with E-state index in [1.807, 2.05) is 0 Å². The second-order valence-electron chi connectivity index (χ2n) is 5.38. The number of carbonyl (C=O) groups excluding carboxylic acids is 1. The van der Waals surface area contributed by atoms with E-state index in [1.54, 1.807) is 24.3 Å². The van der Waals surface area contributed by atoms with Crippen molar-refractivity contribution in [1.29, 1.82) is 0 Å². The molecule has 0 radical (unpaired) electrons. The van der Waals surface area contributed by atoms with E-state index >= 15 is 0 Å². The molecular weight excluding hydrogens is 268 g/mol. The summed E-state index contributed by atoms with van der Waals surface area (Å²) in [5.41, 5.74) is 0.889. The summed E-state index contributed by atoms with van der Waals surface area (Å²) in [5.74, 6) is 0.211. The van der Waals surface area contributed by atoms with Gasteiger partial charge in [0.25, 0.3) is 0 Å². The summed E-state index contributed by atoms with van der Waals surface area (Å²) in [6, 6.07) is 6.50. The molecule has 0 atom stereocenters. The number of urea groups is 1. The zero-order valence-corrected chi connectivity index (χ0v) is 12.9. The first-order valence-electron chi connectivity index (χ1n) is 7.45. The lowest BCUT2D eigenvalue weighted by molar-refractivity contribution is 0.163. The molecule has 0 saturated heterocycles. The predicted molar refractivity (Wildman–Crippen MR) is 83.1 cm³/mol. The molecule has 118 valence electrons. The molecule has 4 N–H and O–H groups in total. The monoisotopic (exact) mass is 294 g/mol. The van der Waals surface area contributed by atoms with Gasteiger partial charge in [-0.2, -0.15) is 0 Å². The average Bonchev–Trinajstić information content (AvgIpc) is 2.51. The van der Waals surface area contributed by atoms with Crippen LogP contribution in [0.4, 0.5) is 4.79 Å². The van der Waals surface area contributed by atoms with Crippen molar-refractivity contribution in [2.45, 2.75) is 39.7 Å². The van der Waals surface area contributed by atoms with E-state index in [9.17, 15) is 9.90 Å². The minimum Gasteiger partial charge on any atom is -0.508 e. The van der Waals surface area contributed by atoms with Crippen molar-refractivity contribution in [2.75, 3.05) is 13.2 Å². The van der Waals surface area contributed by atoms with Crippen LogP contribution in [0.25, 0.3) is 0 Å². The number of phenolic OH excluding ortho intramolecular Hbond substituents is 1.